The number of aromatic nitrogens is 1. The molecule has 1 heterocycles. The Morgan fingerprint density at radius 3 is 2.29 bits per heavy atom. The summed E-state index contributed by atoms with van der Waals surface area (Å²) in [6, 6.07) is 12.7. The van der Waals surface area contributed by atoms with Gasteiger partial charge in [-0.1, -0.05) is 28.4 Å². The Hall–Kier alpha value is -2.02. The number of aryl methyl sites for hydroxylation is 1. The second-order valence-corrected chi connectivity index (χ2v) is 7.59. The predicted octanol–water partition coefficient (Wildman–Crippen LogP) is 4.76. The number of hydrogen-bond donors (Lipinski definition) is 1. The summed E-state index contributed by atoms with van der Waals surface area (Å²) in [4.78, 5) is 0.0341. The SMILES string of the molecule is Cc1cc(-c2ccc(NS(=O)(=O)c3ccc(Cl)c(Cl)c3)cc2)on1. The van der Waals surface area contributed by atoms with Crippen molar-refractivity contribution in [3.63, 3.8) is 0 Å². The second-order valence-electron chi connectivity index (χ2n) is 5.09. The van der Waals surface area contributed by atoms with Crippen molar-refractivity contribution in [1.29, 1.82) is 0 Å². The predicted molar refractivity (Wildman–Crippen MR) is 93.9 cm³/mol. The zero-order chi connectivity index (χ0) is 17.3. The van der Waals surface area contributed by atoms with Crippen LogP contribution >= 0.6 is 23.2 Å². The Morgan fingerprint density at radius 2 is 1.71 bits per heavy atom. The van der Waals surface area contributed by atoms with Crippen molar-refractivity contribution in [2.24, 2.45) is 0 Å². The average molecular weight is 383 g/mol. The van der Waals surface area contributed by atoms with Crippen LogP contribution in [0.2, 0.25) is 10.0 Å². The molecule has 0 atom stereocenters. The standard InChI is InChI=1S/C16H12Cl2N2O3S/c1-10-8-16(23-19-10)11-2-4-12(5-3-11)20-24(21,22)13-6-7-14(17)15(18)9-13/h2-9,20H,1H3. The molecule has 0 saturated heterocycles. The largest absolute Gasteiger partial charge is 0.356 e. The zero-order valence-electron chi connectivity index (χ0n) is 12.5. The molecule has 0 unspecified atom stereocenters. The van der Waals surface area contributed by atoms with Gasteiger partial charge in [0.2, 0.25) is 0 Å². The van der Waals surface area contributed by atoms with E-state index in [1.54, 1.807) is 30.3 Å². The number of nitrogens with zero attached hydrogens (tertiary/aromatic N) is 1. The molecular weight excluding hydrogens is 371 g/mol. The van der Waals surface area contributed by atoms with Crippen LogP contribution in [0.3, 0.4) is 0 Å². The fourth-order valence-corrected chi connectivity index (χ4v) is 3.51. The molecule has 0 saturated carbocycles. The minimum Gasteiger partial charge on any atom is -0.356 e. The van der Waals surface area contributed by atoms with Crippen molar-refractivity contribution < 1.29 is 12.9 Å². The molecule has 0 aliphatic carbocycles. The first kappa shape index (κ1) is 16.8. The van der Waals surface area contributed by atoms with Crippen LogP contribution in [0.5, 0.6) is 0 Å². The van der Waals surface area contributed by atoms with Crippen LogP contribution < -0.4 is 4.72 Å². The van der Waals surface area contributed by atoms with Crippen molar-refractivity contribution in [2.45, 2.75) is 11.8 Å². The third-order valence-electron chi connectivity index (χ3n) is 3.25. The van der Waals surface area contributed by atoms with Gasteiger partial charge in [-0.15, -0.1) is 0 Å². The van der Waals surface area contributed by atoms with Crippen LogP contribution in [0.25, 0.3) is 11.3 Å². The van der Waals surface area contributed by atoms with Gasteiger partial charge in [0.1, 0.15) is 0 Å². The Bertz CT molecular complexity index is 983. The maximum absolute atomic E-state index is 12.4. The lowest BCUT2D eigenvalue weighted by atomic mass is 10.1. The van der Waals surface area contributed by atoms with Crippen LogP contribution in [-0.2, 0) is 10.0 Å². The Labute approximate surface area is 149 Å². The van der Waals surface area contributed by atoms with Gasteiger partial charge < -0.3 is 4.52 Å². The molecule has 0 bridgehead atoms. The summed E-state index contributed by atoms with van der Waals surface area (Å²) < 4.78 is 32.4. The summed E-state index contributed by atoms with van der Waals surface area (Å²) in [5, 5.41) is 4.29. The molecule has 8 heteroatoms. The highest BCUT2D eigenvalue weighted by atomic mass is 35.5. The van der Waals surface area contributed by atoms with Crippen LogP contribution in [0.4, 0.5) is 5.69 Å². The summed E-state index contributed by atoms with van der Waals surface area (Å²) in [6.07, 6.45) is 0. The lowest BCUT2D eigenvalue weighted by Crippen LogP contribution is -2.12. The fourth-order valence-electron chi connectivity index (χ4n) is 2.06. The van der Waals surface area contributed by atoms with E-state index in [0.29, 0.717) is 16.5 Å². The van der Waals surface area contributed by atoms with Gasteiger partial charge in [0.15, 0.2) is 5.76 Å². The monoisotopic (exact) mass is 382 g/mol. The Balaban J connectivity index is 1.83. The molecule has 0 radical (unpaired) electrons. The second kappa shape index (κ2) is 6.47. The van der Waals surface area contributed by atoms with Crippen LogP contribution in [-0.4, -0.2) is 13.6 Å². The van der Waals surface area contributed by atoms with Gasteiger partial charge in [0, 0.05) is 17.3 Å². The normalized spacial score (nSPS) is 11.5. The molecule has 3 aromatic rings. The van der Waals surface area contributed by atoms with E-state index >= 15 is 0 Å². The quantitative estimate of drug-likeness (QED) is 0.705. The first-order valence-corrected chi connectivity index (χ1v) is 9.11. The van der Waals surface area contributed by atoms with Crippen molar-refractivity contribution >= 4 is 38.9 Å². The Morgan fingerprint density at radius 1 is 1.00 bits per heavy atom. The fraction of sp³-hybridized carbons (Fsp3) is 0.0625. The van der Waals surface area contributed by atoms with Crippen LogP contribution in [0.15, 0.2) is 57.9 Å². The van der Waals surface area contributed by atoms with Crippen molar-refractivity contribution in [3.8, 4) is 11.3 Å². The van der Waals surface area contributed by atoms with E-state index in [1.807, 2.05) is 6.92 Å². The molecule has 2 aromatic carbocycles. The number of anilines is 1. The van der Waals surface area contributed by atoms with E-state index in [2.05, 4.69) is 9.88 Å². The molecule has 0 amide bonds. The molecular formula is C16H12Cl2N2O3S. The van der Waals surface area contributed by atoms with E-state index in [1.165, 1.54) is 18.2 Å². The topological polar surface area (TPSA) is 72.2 Å². The van der Waals surface area contributed by atoms with Gasteiger partial charge in [-0.05, 0) is 49.4 Å². The van der Waals surface area contributed by atoms with Gasteiger partial charge in [-0.25, -0.2) is 8.42 Å². The molecule has 1 N–H and O–H groups in total. The molecule has 0 fully saturated rings. The van der Waals surface area contributed by atoms with E-state index < -0.39 is 10.0 Å². The zero-order valence-corrected chi connectivity index (χ0v) is 14.8. The molecule has 24 heavy (non-hydrogen) atoms. The summed E-state index contributed by atoms with van der Waals surface area (Å²) in [7, 11) is -3.75. The molecule has 5 nitrogen and oxygen atoms in total. The van der Waals surface area contributed by atoms with Crippen LogP contribution in [0, 0.1) is 6.92 Å². The molecule has 124 valence electrons. The number of nitrogens with one attached hydrogen (secondary N) is 1. The smallest absolute Gasteiger partial charge is 0.261 e. The number of halogens is 2. The first-order valence-electron chi connectivity index (χ1n) is 6.87. The molecule has 1 aromatic heterocycles. The van der Waals surface area contributed by atoms with Crippen LogP contribution in [0.1, 0.15) is 5.69 Å². The van der Waals surface area contributed by atoms with E-state index in [4.69, 9.17) is 27.7 Å². The van der Waals surface area contributed by atoms with E-state index in [-0.39, 0.29) is 9.92 Å². The molecule has 0 aliphatic rings. The third-order valence-corrected chi connectivity index (χ3v) is 5.37. The number of benzene rings is 2. The summed E-state index contributed by atoms with van der Waals surface area (Å²) >= 11 is 11.7. The lowest BCUT2D eigenvalue weighted by molar-refractivity contribution is 0.427. The highest BCUT2D eigenvalue weighted by molar-refractivity contribution is 7.92. The van der Waals surface area contributed by atoms with E-state index in [0.717, 1.165) is 11.3 Å². The summed E-state index contributed by atoms with van der Waals surface area (Å²) in [6.45, 7) is 1.83. The first-order chi connectivity index (χ1) is 11.3. The number of rotatable bonds is 4. The molecule has 0 spiro atoms. The van der Waals surface area contributed by atoms with Crippen molar-refractivity contribution in [3.05, 3.63) is 64.3 Å². The average Bonchev–Trinajstić information content (AvgIpc) is 2.97. The van der Waals surface area contributed by atoms with Crippen molar-refractivity contribution in [2.75, 3.05) is 4.72 Å². The maximum atomic E-state index is 12.4. The Kier molecular flexibility index (Phi) is 4.54. The highest BCUT2D eigenvalue weighted by Crippen LogP contribution is 2.27. The van der Waals surface area contributed by atoms with Gasteiger partial charge >= 0.3 is 0 Å². The van der Waals surface area contributed by atoms with Gasteiger partial charge in [-0.2, -0.15) is 0 Å². The highest BCUT2D eigenvalue weighted by Gasteiger charge is 2.16. The van der Waals surface area contributed by atoms with Gasteiger partial charge in [0.05, 0.1) is 20.6 Å². The minimum absolute atomic E-state index is 0.0341. The van der Waals surface area contributed by atoms with Gasteiger partial charge in [0.25, 0.3) is 10.0 Å². The summed E-state index contributed by atoms with van der Waals surface area (Å²) in [5.41, 5.74) is 1.99. The van der Waals surface area contributed by atoms with Crippen molar-refractivity contribution in [1.82, 2.24) is 5.16 Å². The molecule has 0 aliphatic heterocycles. The lowest BCUT2D eigenvalue weighted by Gasteiger charge is -2.09. The number of sulfonamides is 1. The molecule has 3 rings (SSSR count). The summed E-state index contributed by atoms with van der Waals surface area (Å²) in [5.74, 6) is 0.617. The maximum Gasteiger partial charge on any atom is 0.261 e. The third kappa shape index (κ3) is 3.56. The van der Waals surface area contributed by atoms with E-state index in [9.17, 15) is 8.42 Å². The number of hydrogen-bond acceptors (Lipinski definition) is 4. The minimum atomic E-state index is -3.75. The van der Waals surface area contributed by atoms with Gasteiger partial charge in [-0.3, -0.25) is 4.72 Å².